The molecule has 7 unspecified atom stereocenters. The molecule has 0 amide bonds. The van der Waals surface area contributed by atoms with E-state index in [4.69, 9.17) is 13.9 Å². The summed E-state index contributed by atoms with van der Waals surface area (Å²) in [5.74, 6) is -0.464. The Morgan fingerprint density at radius 2 is 2.08 bits per heavy atom. The molecule has 5 rings (SSSR count). The van der Waals surface area contributed by atoms with Gasteiger partial charge in [0.25, 0.3) is 0 Å². The summed E-state index contributed by atoms with van der Waals surface area (Å²) < 4.78 is 16.6. The Hall–Kier alpha value is -1.66. The molecule has 4 aliphatic rings. The van der Waals surface area contributed by atoms with Gasteiger partial charge in [-0.05, 0) is 30.7 Å². The number of ether oxygens (including phenoxy) is 2. The van der Waals surface area contributed by atoms with Gasteiger partial charge in [-0.3, -0.25) is 9.59 Å². The summed E-state index contributed by atoms with van der Waals surface area (Å²) in [4.78, 5) is 26.4. The molecule has 4 fully saturated rings. The number of carbonyl (C=O) groups is 2. The molecule has 26 heavy (non-hydrogen) atoms. The molecular formula is C20H24O6. The number of furan rings is 1. The first kappa shape index (κ1) is 16.5. The lowest BCUT2D eigenvalue weighted by Crippen LogP contribution is -2.61. The SMILES string of the molecule is CC1CC(=O)C23COC(O)C2CCCC3C12CC(c1ccoc1)OC2=O. The third-order valence-electron chi connectivity index (χ3n) is 7.71. The number of hydrogen-bond acceptors (Lipinski definition) is 6. The summed E-state index contributed by atoms with van der Waals surface area (Å²) in [6.45, 7) is 2.22. The molecule has 0 radical (unpaired) electrons. The number of ketones is 1. The standard InChI is InChI=1S/C20H24O6/c1-11-7-16(21)20-10-25-17(22)13(20)3-2-4-15(20)19(11)8-14(26-18(19)23)12-5-6-24-9-12/h5-6,9,11,13-15,17,22H,2-4,7-8,10H2,1H3. The molecule has 6 nitrogen and oxygen atoms in total. The van der Waals surface area contributed by atoms with E-state index >= 15 is 0 Å². The number of cyclic esters (lactones) is 1. The van der Waals surface area contributed by atoms with Crippen molar-refractivity contribution in [2.24, 2.45) is 28.6 Å². The van der Waals surface area contributed by atoms with Crippen LogP contribution in [0.5, 0.6) is 0 Å². The highest BCUT2D eigenvalue weighted by molar-refractivity contribution is 5.92. The molecule has 2 saturated heterocycles. The quantitative estimate of drug-likeness (QED) is 0.775. The topological polar surface area (TPSA) is 86.0 Å². The fourth-order valence-corrected chi connectivity index (χ4v) is 6.45. The number of aliphatic hydroxyl groups is 1. The summed E-state index contributed by atoms with van der Waals surface area (Å²) in [7, 11) is 0. The first-order chi connectivity index (χ1) is 12.5. The Balaban J connectivity index is 1.60. The van der Waals surface area contributed by atoms with E-state index in [1.807, 2.05) is 13.0 Å². The lowest BCUT2D eigenvalue weighted by molar-refractivity contribution is -0.175. The fourth-order valence-electron chi connectivity index (χ4n) is 6.45. The zero-order valence-corrected chi connectivity index (χ0v) is 14.8. The zero-order valence-electron chi connectivity index (χ0n) is 14.8. The average molecular weight is 360 g/mol. The number of fused-ring (bicyclic) bond motifs is 1. The van der Waals surface area contributed by atoms with Crippen molar-refractivity contribution in [3.8, 4) is 0 Å². The first-order valence-electron chi connectivity index (χ1n) is 9.56. The molecule has 2 aliphatic heterocycles. The van der Waals surface area contributed by atoms with Gasteiger partial charge in [0.1, 0.15) is 11.9 Å². The van der Waals surface area contributed by atoms with Crippen LogP contribution in [0.2, 0.25) is 0 Å². The van der Waals surface area contributed by atoms with Crippen LogP contribution in [0.1, 0.15) is 50.7 Å². The smallest absolute Gasteiger partial charge is 0.313 e. The van der Waals surface area contributed by atoms with E-state index in [1.54, 1.807) is 12.5 Å². The van der Waals surface area contributed by atoms with E-state index in [9.17, 15) is 14.7 Å². The zero-order chi connectivity index (χ0) is 18.1. The number of rotatable bonds is 1. The molecule has 140 valence electrons. The summed E-state index contributed by atoms with van der Waals surface area (Å²) in [6, 6.07) is 1.83. The highest BCUT2D eigenvalue weighted by Crippen LogP contribution is 2.67. The van der Waals surface area contributed by atoms with Crippen molar-refractivity contribution in [3.63, 3.8) is 0 Å². The van der Waals surface area contributed by atoms with Crippen molar-refractivity contribution in [1.29, 1.82) is 0 Å². The van der Waals surface area contributed by atoms with Gasteiger partial charge in [0.15, 0.2) is 6.29 Å². The van der Waals surface area contributed by atoms with Crippen LogP contribution in [-0.4, -0.2) is 29.8 Å². The number of esters is 1. The summed E-state index contributed by atoms with van der Waals surface area (Å²) in [5.41, 5.74) is -0.570. The van der Waals surface area contributed by atoms with Crippen molar-refractivity contribution in [1.82, 2.24) is 0 Å². The third-order valence-corrected chi connectivity index (χ3v) is 7.71. The van der Waals surface area contributed by atoms with Gasteiger partial charge in [0.05, 0.1) is 30.0 Å². The average Bonchev–Trinajstić information content (AvgIpc) is 3.33. The van der Waals surface area contributed by atoms with Gasteiger partial charge in [-0.25, -0.2) is 0 Å². The molecule has 1 aromatic rings. The van der Waals surface area contributed by atoms with E-state index in [1.165, 1.54) is 0 Å². The van der Waals surface area contributed by atoms with Crippen LogP contribution in [0.25, 0.3) is 0 Å². The molecule has 3 heterocycles. The number of hydrogen-bond donors (Lipinski definition) is 1. The molecular weight excluding hydrogens is 336 g/mol. The van der Waals surface area contributed by atoms with Crippen molar-refractivity contribution in [2.75, 3.05) is 6.61 Å². The minimum absolute atomic E-state index is 0.0773. The molecule has 2 aliphatic carbocycles. The van der Waals surface area contributed by atoms with Gasteiger partial charge in [0.2, 0.25) is 0 Å². The summed E-state index contributed by atoms with van der Waals surface area (Å²) in [6.07, 6.45) is 5.34. The van der Waals surface area contributed by atoms with Crippen molar-refractivity contribution in [3.05, 3.63) is 24.2 Å². The predicted octanol–water partition coefficient (Wildman–Crippen LogP) is 2.61. The second-order valence-electron chi connectivity index (χ2n) is 8.56. The Kier molecular flexibility index (Phi) is 3.44. The van der Waals surface area contributed by atoms with Crippen LogP contribution in [0.15, 0.2) is 23.0 Å². The largest absolute Gasteiger partial charge is 0.472 e. The lowest BCUT2D eigenvalue weighted by atomic mass is 9.44. The fraction of sp³-hybridized carbons (Fsp3) is 0.700. The summed E-state index contributed by atoms with van der Waals surface area (Å²) >= 11 is 0. The normalized spacial score (nSPS) is 47.7. The molecule has 1 aromatic heterocycles. The van der Waals surface area contributed by atoms with E-state index in [-0.39, 0.29) is 42.2 Å². The maximum Gasteiger partial charge on any atom is 0.313 e. The number of carbonyl (C=O) groups excluding carboxylic acids is 2. The molecule has 2 saturated carbocycles. The molecule has 1 N–H and O–H groups in total. The first-order valence-corrected chi connectivity index (χ1v) is 9.56. The molecule has 2 spiro atoms. The van der Waals surface area contributed by atoms with Crippen molar-refractivity contribution in [2.45, 2.75) is 51.4 Å². The predicted molar refractivity (Wildman–Crippen MR) is 88.6 cm³/mol. The number of aliphatic hydroxyl groups excluding tert-OH is 1. The summed E-state index contributed by atoms with van der Waals surface area (Å²) in [5, 5.41) is 10.3. The minimum atomic E-state index is -0.908. The second-order valence-corrected chi connectivity index (χ2v) is 8.56. The number of Topliss-reactive ketones (excluding diaryl/α,β-unsaturated/α-hetero) is 1. The molecule has 0 bridgehead atoms. The van der Waals surface area contributed by atoms with Crippen LogP contribution in [-0.2, 0) is 19.1 Å². The van der Waals surface area contributed by atoms with Crippen LogP contribution < -0.4 is 0 Å². The van der Waals surface area contributed by atoms with Gasteiger partial charge in [-0.2, -0.15) is 0 Å². The van der Waals surface area contributed by atoms with Crippen LogP contribution in [0, 0.1) is 28.6 Å². The van der Waals surface area contributed by atoms with Gasteiger partial charge >= 0.3 is 5.97 Å². The Morgan fingerprint density at radius 3 is 2.85 bits per heavy atom. The van der Waals surface area contributed by atoms with Gasteiger partial charge in [0, 0.05) is 24.3 Å². The third kappa shape index (κ3) is 1.84. The van der Waals surface area contributed by atoms with Gasteiger partial charge in [-0.15, -0.1) is 0 Å². The van der Waals surface area contributed by atoms with E-state index in [2.05, 4.69) is 0 Å². The Labute approximate surface area is 151 Å². The molecule has 7 atom stereocenters. The van der Waals surface area contributed by atoms with Crippen LogP contribution >= 0.6 is 0 Å². The second kappa shape index (κ2) is 5.42. The lowest BCUT2D eigenvalue weighted by Gasteiger charge is -2.55. The molecule has 6 heteroatoms. The van der Waals surface area contributed by atoms with Crippen molar-refractivity contribution >= 4 is 11.8 Å². The van der Waals surface area contributed by atoms with Crippen molar-refractivity contribution < 1.29 is 28.6 Å². The Morgan fingerprint density at radius 1 is 1.23 bits per heavy atom. The van der Waals surface area contributed by atoms with Crippen LogP contribution in [0.3, 0.4) is 0 Å². The van der Waals surface area contributed by atoms with E-state index in [0.29, 0.717) is 12.8 Å². The van der Waals surface area contributed by atoms with Gasteiger partial charge < -0.3 is 19.0 Å². The minimum Gasteiger partial charge on any atom is -0.472 e. The van der Waals surface area contributed by atoms with E-state index in [0.717, 1.165) is 24.8 Å². The highest BCUT2D eigenvalue weighted by Gasteiger charge is 2.72. The maximum atomic E-state index is 13.2. The highest BCUT2D eigenvalue weighted by atomic mass is 16.6. The monoisotopic (exact) mass is 360 g/mol. The molecule has 0 aromatic carbocycles. The Bertz CT molecular complexity index is 741. The van der Waals surface area contributed by atoms with Crippen LogP contribution in [0.4, 0.5) is 0 Å². The maximum absolute atomic E-state index is 13.2. The van der Waals surface area contributed by atoms with E-state index < -0.39 is 17.1 Å². The van der Waals surface area contributed by atoms with Gasteiger partial charge in [-0.1, -0.05) is 13.3 Å².